The van der Waals surface area contributed by atoms with Gasteiger partial charge in [0.1, 0.15) is 12.1 Å². The largest absolute Gasteiger partial charge is 0.378 e. The summed E-state index contributed by atoms with van der Waals surface area (Å²) in [6.45, 7) is 2.34. The van der Waals surface area contributed by atoms with Gasteiger partial charge in [-0.05, 0) is 42.6 Å². The van der Waals surface area contributed by atoms with Crippen molar-refractivity contribution in [3.05, 3.63) is 70.3 Å². The molecule has 3 heterocycles. The molecule has 5 rings (SSSR count). The molecule has 3 aromatic rings. The van der Waals surface area contributed by atoms with Crippen LogP contribution in [-0.2, 0) is 25.7 Å². The summed E-state index contributed by atoms with van der Waals surface area (Å²) in [7, 11) is 0. The summed E-state index contributed by atoms with van der Waals surface area (Å²) in [4.78, 5) is 42.1. The number of morpholine rings is 1. The van der Waals surface area contributed by atoms with Gasteiger partial charge in [0.25, 0.3) is 11.8 Å². The van der Waals surface area contributed by atoms with Crippen LogP contribution in [0.4, 0.5) is 5.69 Å². The van der Waals surface area contributed by atoms with Crippen LogP contribution in [0.2, 0.25) is 0 Å². The predicted molar refractivity (Wildman–Crippen MR) is 140 cm³/mol. The molecule has 3 amide bonds. The molecule has 178 valence electrons. The highest BCUT2D eigenvalue weighted by atomic mass is 79.9. The van der Waals surface area contributed by atoms with Gasteiger partial charge in [-0.25, -0.2) is 0 Å². The molecule has 2 fully saturated rings. The monoisotopic (exact) mass is 552 g/mol. The van der Waals surface area contributed by atoms with E-state index in [1.54, 1.807) is 35.4 Å². The minimum absolute atomic E-state index is 0.00841. The van der Waals surface area contributed by atoms with Gasteiger partial charge in [-0.1, -0.05) is 40.2 Å². The van der Waals surface area contributed by atoms with E-state index in [4.69, 9.17) is 17.0 Å². The minimum atomic E-state index is -0.563. The number of rotatable bonds is 4. The Kier molecular flexibility index (Phi) is 6.50. The molecule has 2 saturated heterocycles. The molecule has 2 aromatic carbocycles. The lowest BCUT2D eigenvalue weighted by atomic mass is 10.1. The first-order valence-electron chi connectivity index (χ1n) is 11.0. The van der Waals surface area contributed by atoms with Crippen LogP contribution in [0.5, 0.6) is 0 Å². The zero-order chi connectivity index (χ0) is 24.5. The van der Waals surface area contributed by atoms with Gasteiger partial charge in [-0.3, -0.25) is 24.6 Å². The summed E-state index contributed by atoms with van der Waals surface area (Å²) in [5.41, 5.74) is 2.00. The average Bonchev–Trinajstić information content (AvgIpc) is 3.19. The lowest BCUT2D eigenvalue weighted by molar-refractivity contribution is -0.135. The predicted octanol–water partition coefficient (Wildman–Crippen LogP) is 3.09. The smallest absolute Gasteiger partial charge is 0.270 e. The van der Waals surface area contributed by atoms with Gasteiger partial charge in [0, 0.05) is 40.2 Å². The van der Waals surface area contributed by atoms with E-state index >= 15 is 0 Å². The lowest BCUT2D eigenvalue weighted by Crippen LogP contribution is -2.54. The summed E-state index contributed by atoms with van der Waals surface area (Å²) in [6, 6.07) is 14.7. The number of aromatic nitrogens is 1. The maximum Gasteiger partial charge on any atom is 0.270 e. The highest BCUT2D eigenvalue weighted by Gasteiger charge is 2.34. The topological polar surface area (TPSA) is 83.9 Å². The fraction of sp³-hybridized carbons (Fsp3) is 0.200. The molecular weight excluding hydrogens is 532 g/mol. The molecule has 0 atom stereocenters. The molecular formula is C25H21BrN4O4S. The van der Waals surface area contributed by atoms with Crippen molar-refractivity contribution >= 4 is 73.6 Å². The first kappa shape index (κ1) is 23.4. The Hall–Kier alpha value is -3.34. The van der Waals surface area contributed by atoms with E-state index in [0.29, 0.717) is 37.6 Å². The number of para-hydroxylation sites is 1. The van der Waals surface area contributed by atoms with Gasteiger partial charge in [0.15, 0.2) is 5.11 Å². The van der Waals surface area contributed by atoms with Crippen molar-refractivity contribution in [1.82, 2.24) is 14.8 Å². The number of carbonyl (C=O) groups is 3. The number of amides is 3. The van der Waals surface area contributed by atoms with Crippen LogP contribution in [0.25, 0.3) is 17.0 Å². The van der Waals surface area contributed by atoms with Crippen LogP contribution in [-0.4, -0.2) is 58.6 Å². The van der Waals surface area contributed by atoms with E-state index in [-0.39, 0.29) is 23.1 Å². The van der Waals surface area contributed by atoms with Crippen molar-refractivity contribution in [2.45, 2.75) is 6.54 Å². The number of hydrogen-bond acceptors (Lipinski definition) is 5. The molecule has 0 spiro atoms. The van der Waals surface area contributed by atoms with E-state index < -0.39 is 11.8 Å². The fourth-order valence-corrected chi connectivity index (χ4v) is 4.91. The number of fused-ring (bicyclic) bond motifs is 1. The Morgan fingerprint density at radius 3 is 2.66 bits per heavy atom. The van der Waals surface area contributed by atoms with Crippen molar-refractivity contribution in [2.75, 3.05) is 31.2 Å². The van der Waals surface area contributed by atoms with E-state index in [0.717, 1.165) is 15.4 Å². The Balaban J connectivity index is 1.51. The zero-order valence-corrected chi connectivity index (χ0v) is 21.0. The number of ether oxygens (including phenoxy) is 1. The van der Waals surface area contributed by atoms with Crippen molar-refractivity contribution < 1.29 is 19.1 Å². The van der Waals surface area contributed by atoms with Gasteiger partial charge in [-0.15, -0.1) is 0 Å². The molecule has 0 aliphatic carbocycles. The molecule has 8 nitrogen and oxygen atoms in total. The average molecular weight is 553 g/mol. The van der Waals surface area contributed by atoms with Gasteiger partial charge in [-0.2, -0.15) is 0 Å². The number of nitrogens with one attached hydrogen (secondary N) is 1. The second-order valence-corrected chi connectivity index (χ2v) is 9.46. The third kappa shape index (κ3) is 4.64. The second-order valence-electron chi connectivity index (χ2n) is 8.16. The minimum Gasteiger partial charge on any atom is -0.378 e. The number of benzene rings is 2. The van der Waals surface area contributed by atoms with Crippen LogP contribution in [0, 0.1) is 0 Å². The van der Waals surface area contributed by atoms with Crippen LogP contribution < -0.4 is 10.2 Å². The number of thiocarbonyl (C=S) groups is 1. The molecule has 0 unspecified atom stereocenters. The molecule has 1 N–H and O–H groups in total. The van der Waals surface area contributed by atoms with Crippen LogP contribution in [0.3, 0.4) is 0 Å². The fourth-order valence-electron chi connectivity index (χ4n) is 4.24. The highest BCUT2D eigenvalue weighted by Crippen LogP contribution is 2.28. The first-order valence-corrected chi connectivity index (χ1v) is 12.2. The first-order chi connectivity index (χ1) is 16.9. The zero-order valence-electron chi connectivity index (χ0n) is 18.6. The van der Waals surface area contributed by atoms with E-state index in [2.05, 4.69) is 21.2 Å². The SMILES string of the molecule is O=C1NC(=S)N(c2cccc(Br)c2)C(=O)/C1=C/c1cn(CC(=O)N2CCOCC2)c2ccccc12. The maximum atomic E-state index is 13.4. The van der Waals surface area contributed by atoms with Crippen molar-refractivity contribution in [1.29, 1.82) is 0 Å². The Labute approximate surface area is 215 Å². The van der Waals surface area contributed by atoms with Gasteiger partial charge in [0.05, 0.1) is 18.9 Å². The molecule has 1 aromatic heterocycles. The maximum absolute atomic E-state index is 13.4. The van der Waals surface area contributed by atoms with Crippen molar-refractivity contribution in [3.63, 3.8) is 0 Å². The van der Waals surface area contributed by atoms with E-state index in [1.807, 2.05) is 34.9 Å². The number of halogens is 1. The van der Waals surface area contributed by atoms with E-state index in [9.17, 15) is 14.4 Å². The lowest BCUT2D eigenvalue weighted by Gasteiger charge is -2.29. The summed E-state index contributed by atoms with van der Waals surface area (Å²) in [5, 5.41) is 3.47. The highest BCUT2D eigenvalue weighted by molar-refractivity contribution is 9.10. The Morgan fingerprint density at radius 2 is 1.89 bits per heavy atom. The Morgan fingerprint density at radius 1 is 1.11 bits per heavy atom. The standard InChI is InChI=1S/C25H21BrN4O4S/c26-17-4-3-5-18(13-17)30-24(33)20(23(32)27-25(30)35)12-16-14-29(21-7-2-1-6-19(16)21)15-22(31)28-8-10-34-11-9-28/h1-7,12-14H,8-11,15H2,(H,27,32,35)/b20-12+. The number of carbonyl (C=O) groups excluding carboxylic acids is 3. The number of hydrogen-bond donors (Lipinski definition) is 1. The summed E-state index contributed by atoms with van der Waals surface area (Å²) in [5.74, 6) is -1.09. The third-order valence-electron chi connectivity index (χ3n) is 5.96. The molecule has 0 radical (unpaired) electrons. The van der Waals surface area contributed by atoms with Crippen LogP contribution >= 0.6 is 28.1 Å². The van der Waals surface area contributed by atoms with Crippen LogP contribution in [0.15, 0.2) is 64.8 Å². The Bertz CT molecular complexity index is 1390. The molecule has 35 heavy (non-hydrogen) atoms. The van der Waals surface area contributed by atoms with Crippen molar-refractivity contribution in [2.24, 2.45) is 0 Å². The summed E-state index contributed by atoms with van der Waals surface area (Å²) < 4.78 is 7.97. The third-order valence-corrected chi connectivity index (χ3v) is 6.73. The van der Waals surface area contributed by atoms with Gasteiger partial charge < -0.3 is 14.2 Å². The molecule has 0 bridgehead atoms. The quantitative estimate of drug-likeness (QED) is 0.305. The second kappa shape index (κ2) is 9.73. The molecule has 0 saturated carbocycles. The molecule has 2 aliphatic heterocycles. The van der Waals surface area contributed by atoms with Gasteiger partial charge in [0.2, 0.25) is 5.91 Å². The normalized spacial score (nSPS) is 17.9. The number of anilines is 1. The van der Waals surface area contributed by atoms with Crippen LogP contribution in [0.1, 0.15) is 5.56 Å². The molecule has 2 aliphatic rings. The van der Waals surface area contributed by atoms with E-state index in [1.165, 1.54) is 4.90 Å². The van der Waals surface area contributed by atoms with Gasteiger partial charge >= 0.3 is 0 Å². The summed E-state index contributed by atoms with van der Waals surface area (Å²) in [6.07, 6.45) is 3.36. The number of nitrogens with zero attached hydrogens (tertiary/aromatic N) is 3. The molecule has 10 heteroatoms. The van der Waals surface area contributed by atoms with Crippen molar-refractivity contribution in [3.8, 4) is 0 Å². The summed E-state index contributed by atoms with van der Waals surface area (Å²) >= 11 is 8.69.